The Morgan fingerprint density at radius 3 is 2.74 bits per heavy atom. The highest BCUT2D eigenvalue weighted by molar-refractivity contribution is 6.03. The molecule has 23 heavy (non-hydrogen) atoms. The number of ether oxygens (including phenoxy) is 1. The topological polar surface area (TPSA) is 79.2 Å². The Morgan fingerprint density at radius 2 is 2.00 bits per heavy atom. The van der Waals surface area contributed by atoms with Crippen molar-refractivity contribution in [3.8, 4) is 5.75 Å². The van der Waals surface area contributed by atoms with Crippen LogP contribution in [0.25, 0.3) is 21.8 Å². The second kappa shape index (κ2) is 4.70. The number of pyridine rings is 2. The number of fused-ring (bicyclic) bond motifs is 2. The van der Waals surface area contributed by atoms with Gasteiger partial charge >= 0.3 is 0 Å². The van der Waals surface area contributed by atoms with Gasteiger partial charge in [-0.15, -0.1) is 0 Å². The minimum Gasteiger partial charge on any atom is -0.487 e. The van der Waals surface area contributed by atoms with Crippen molar-refractivity contribution in [2.75, 3.05) is 13.2 Å². The molecule has 0 spiro atoms. The highest BCUT2D eigenvalue weighted by Gasteiger charge is 2.26. The summed E-state index contributed by atoms with van der Waals surface area (Å²) in [5, 5.41) is 1.86. The minimum atomic E-state index is -0.198. The third kappa shape index (κ3) is 1.78. The fraction of sp³-hybridized carbons (Fsp3) is 0.294. The second-order valence-corrected chi connectivity index (χ2v) is 6.01. The first-order valence-corrected chi connectivity index (χ1v) is 7.54. The van der Waals surface area contributed by atoms with E-state index in [1.165, 1.54) is 6.07 Å². The smallest absolute Gasteiger partial charge is 0.251 e. The Labute approximate surface area is 131 Å². The van der Waals surface area contributed by atoms with E-state index in [1.54, 1.807) is 28.3 Å². The van der Waals surface area contributed by atoms with Crippen LogP contribution in [0.1, 0.15) is 11.6 Å². The van der Waals surface area contributed by atoms with Crippen molar-refractivity contribution < 1.29 is 4.74 Å². The highest BCUT2D eigenvalue weighted by atomic mass is 16.5. The molecule has 1 aliphatic heterocycles. The van der Waals surface area contributed by atoms with Gasteiger partial charge in [-0.3, -0.25) is 14.2 Å². The molecule has 0 fully saturated rings. The van der Waals surface area contributed by atoms with E-state index in [0.29, 0.717) is 24.4 Å². The molecule has 0 unspecified atom stereocenters. The summed E-state index contributed by atoms with van der Waals surface area (Å²) in [5.74, 6) is 0.586. The fourth-order valence-corrected chi connectivity index (χ4v) is 3.42. The summed E-state index contributed by atoms with van der Waals surface area (Å²) in [6.07, 6.45) is 0. The van der Waals surface area contributed by atoms with Gasteiger partial charge < -0.3 is 15.0 Å². The molecule has 1 atom stereocenters. The molecule has 4 rings (SSSR count). The molecular formula is C17H17N3O3. The molecular weight excluding hydrogens is 294 g/mol. The van der Waals surface area contributed by atoms with Gasteiger partial charge in [-0.1, -0.05) is 0 Å². The van der Waals surface area contributed by atoms with Crippen molar-refractivity contribution in [3.05, 3.63) is 50.5 Å². The fourth-order valence-electron chi connectivity index (χ4n) is 3.42. The molecule has 6 nitrogen and oxygen atoms in total. The molecule has 3 aromatic rings. The number of aryl methyl sites for hydroxylation is 2. The number of aromatic nitrogens is 2. The van der Waals surface area contributed by atoms with E-state index in [4.69, 9.17) is 10.5 Å². The lowest BCUT2D eigenvalue weighted by atomic mass is 10.0. The zero-order chi connectivity index (χ0) is 16.3. The lowest BCUT2D eigenvalue weighted by Crippen LogP contribution is -2.36. The van der Waals surface area contributed by atoms with Gasteiger partial charge in [0.2, 0.25) is 0 Å². The first-order valence-electron chi connectivity index (χ1n) is 7.54. The van der Waals surface area contributed by atoms with Crippen LogP contribution in [0.5, 0.6) is 5.75 Å². The van der Waals surface area contributed by atoms with Crippen molar-refractivity contribution >= 4 is 21.8 Å². The lowest BCUT2D eigenvalue weighted by molar-refractivity contribution is 0.239. The molecule has 0 saturated carbocycles. The Bertz CT molecular complexity index is 1080. The van der Waals surface area contributed by atoms with E-state index in [9.17, 15) is 9.59 Å². The number of nitrogens with two attached hydrogens (primary N) is 1. The number of benzene rings is 1. The summed E-state index contributed by atoms with van der Waals surface area (Å²) < 4.78 is 9.22. The van der Waals surface area contributed by atoms with Gasteiger partial charge in [0, 0.05) is 36.5 Å². The predicted octanol–water partition coefficient (Wildman–Crippen LogP) is 1.05. The van der Waals surface area contributed by atoms with E-state index < -0.39 is 0 Å². The van der Waals surface area contributed by atoms with E-state index in [-0.39, 0.29) is 17.2 Å². The van der Waals surface area contributed by atoms with Crippen LogP contribution in [-0.4, -0.2) is 22.3 Å². The van der Waals surface area contributed by atoms with Crippen LogP contribution >= 0.6 is 0 Å². The molecule has 0 bridgehead atoms. The summed E-state index contributed by atoms with van der Waals surface area (Å²) in [7, 11) is 1.71. The monoisotopic (exact) mass is 311 g/mol. The second-order valence-electron chi connectivity index (χ2n) is 6.01. The van der Waals surface area contributed by atoms with Crippen molar-refractivity contribution in [2.24, 2.45) is 12.8 Å². The van der Waals surface area contributed by atoms with Crippen molar-refractivity contribution in [2.45, 2.75) is 13.0 Å². The average molecular weight is 311 g/mol. The molecule has 1 aromatic carbocycles. The third-order valence-electron chi connectivity index (χ3n) is 4.63. The standard InChI is InChI=1S/C17H17N3O3/c1-9-5-14(22)20-11(7-18)8-23-17-15-10(6-12(9)16(17)20)3-4-13(21)19(15)2/h3-6,11H,7-8,18H2,1-2H3/t11-/m0/s1. The van der Waals surface area contributed by atoms with E-state index in [2.05, 4.69) is 0 Å². The normalized spacial score (nSPS) is 16.7. The van der Waals surface area contributed by atoms with Crippen molar-refractivity contribution in [3.63, 3.8) is 0 Å². The molecule has 0 amide bonds. The Balaban J connectivity index is 2.33. The maximum atomic E-state index is 12.5. The molecule has 0 aliphatic carbocycles. The van der Waals surface area contributed by atoms with Gasteiger partial charge in [0.05, 0.1) is 17.1 Å². The maximum absolute atomic E-state index is 12.5. The van der Waals surface area contributed by atoms with E-state index in [0.717, 1.165) is 21.9 Å². The van der Waals surface area contributed by atoms with E-state index in [1.807, 2.05) is 13.0 Å². The minimum absolute atomic E-state index is 0.0877. The maximum Gasteiger partial charge on any atom is 0.251 e. The first kappa shape index (κ1) is 14.0. The van der Waals surface area contributed by atoms with Crippen LogP contribution in [0, 0.1) is 6.92 Å². The van der Waals surface area contributed by atoms with Crippen LogP contribution < -0.4 is 21.6 Å². The van der Waals surface area contributed by atoms with Crippen molar-refractivity contribution in [1.82, 2.24) is 9.13 Å². The molecule has 2 aromatic heterocycles. The Kier molecular flexibility index (Phi) is 2.86. The lowest BCUT2D eigenvalue weighted by Gasteiger charge is -2.29. The number of hydrogen-bond donors (Lipinski definition) is 1. The van der Waals surface area contributed by atoms with Crippen LogP contribution in [0.4, 0.5) is 0 Å². The van der Waals surface area contributed by atoms with Gasteiger partial charge in [0.1, 0.15) is 6.61 Å². The molecule has 0 saturated heterocycles. The van der Waals surface area contributed by atoms with E-state index >= 15 is 0 Å². The van der Waals surface area contributed by atoms with Gasteiger partial charge in [-0.25, -0.2) is 0 Å². The third-order valence-corrected chi connectivity index (χ3v) is 4.63. The van der Waals surface area contributed by atoms with Crippen LogP contribution in [0.3, 0.4) is 0 Å². The summed E-state index contributed by atoms with van der Waals surface area (Å²) in [6.45, 7) is 2.55. The molecule has 118 valence electrons. The summed E-state index contributed by atoms with van der Waals surface area (Å²) in [5.41, 5.74) is 7.94. The van der Waals surface area contributed by atoms with Crippen molar-refractivity contribution in [1.29, 1.82) is 0 Å². The number of hydrogen-bond acceptors (Lipinski definition) is 4. The van der Waals surface area contributed by atoms with Gasteiger partial charge in [-0.05, 0) is 24.6 Å². The highest BCUT2D eigenvalue weighted by Crippen LogP contribution is 2.38. The van der Waals surface area contributed by atoms with Gasteiger partial charge in [-0.2, -0.15) is 0 Å². The first-order chi connectivity index (χ1) is 11.0. The summed E-state index contributed by atoms with van der Waals surface area (Å²) in [6, 6.07) is 6.77. The van der Waals surface area contributed by atoms with Gasteiger partial charge in [0.25, 0.3) is 11.1 Å². The molecule has 2 N–H and O–H groups in total. The largest absolute Gasteiger partial charge is 0.487 e. The average Bonchev–Trinajstić information content (AvgIpc) is 2.54. The number of nitrogens with zero attached hydrogens (tertiary/aromatic N) is 2. The molecule has 0 radical (unpaired) electrons. The molecule has 1 aliphatic rings. The van der Waals surface area contributed by atoms with Crippen LogP contribution in [0.2, 0.25) is 0 Å². The Morgan fingerprint density at radius 1 is 1.22 bits per heavy atom. The molecule has 3 heterocycles. The summed E-state index contributed by atoms with van der Waals surface area (Å²) >= 11 is 0. The van der Waals surface area contributed by atoms with Gasteiger partial charge in [0.15, 0.2) is 5.75 Å². The predicted molar refractivity (Wildman–Crippen MR) is 89.3 cm³/mol. The van der Waals surface area contributed by atoms with Crippen LogP contribution in [-0.2, 0) is 7.05 Å². The number of rotatable bonds is 1. The molecule has 6 heteroatoms. The van der Waals surface area contributed by atoms with Crippen LogP contribution in [0.15, 0.2) is 33.9 Å². The zero-order valence-corrected chi connectivity index (χ0v) is 13.0. The quantitative estimate of drug-likeness (QED) is 0.681. The zero-order valence-electron chi connectivity index (χ0n) is 13.0. The Hall–Kier alpha value is -2.60. The summed E-state index contributed by atoms with van der Waals surface area (Å²) in [4.78, 5) is 24.5. The SMILES string of the molecule is Cc1cc(=O)n2c3c(c4c(ccc(=O)n4C)cc13)OC[C@@H]2CN.